The molecule has 0 aliphatic rings. The highest BCUT2D eigenvalue weighted by Gasteiger charge is 2.00. The summed E-state index contributed by atoms with van der Waals surface area (Å²) in [7, 11) is 0. The first-order valence-electron chi connectivity index (χ1n) is 4.89. The van der Waals surface area contributed by atoms with E-state index in [1.165, 1.54) is 6.07 Å². The molecule has 1 unspecified atom stereocenters. The van der Waals surface area contributed by atoms with Crippen molar-refractivity contribution in [3.8, 4) is 0 Å². The largest absolute Gasteiger partial charge is 0.394 e. The van der Waals surface area contributed by atoms with Crippen molar-refractivity contribution in [1.29, 1.82) is 0 Å². The van der Waals surface area contributed by atoms with E-state index in [1.807, 2.05) is 0 Å². The summed E-state index contributed by atoms with van der Waals surface area (Å²) < 4.78 is 1.58. The fourth-order valence-electron chi connectivity index (χ4n) is 1.18. The first-order chi connectivity index (χ1) is 7.24. The molecule has 15 heavy (non-hydrogen) atoms. The van der Waals surface area contributed by atoms with Gasteiger partial charge in [0.05, 0.1) is 12.7 Å². The smallest absolute Gasteiger partial charge is 0.250 e. The summed E-state index contributed by atoms with van der Waals surface area (Å²) >= 11 is 0. The lowest BCUT2D eigenvalue weighted by Gasteiger charge is -2.09. The Hall–Kier alpha value is -1.17. The van der Waals surface area contributed by atoms with Crippen molar-refractivity contribution in [2.45, 2.75) is 12.6 Å². The zero-order valence-corrected chi connectivity index (χ0v) is 8.47. The number of aliphatic hydroxyl groups is 2. The lowest BCUT2D eigenvalue weighted by atomic mass is 10.4. The average molecular weight is 212 g/mol. The van der Waals surface area contributed by atoms with Gasteiger partial charge in [0.25, 0.3) is 5.56 Å². The summed E-state index contributed by atoms with van der Waals surface area (Å²) in [6, 6.07) is 4.99. The second kappa shape index (κ2) is 6.34. The third kappa shape index (κ3) is 4.24. The van der Waals surface area contributed by atoms with Gasteiger partial charge in [0.2, 0.25) is 0 Å². The normalized spacial score (nSPS) is 12.7. The highest BCUT2D eigenvalue weighted by atomic mass is 16.3. The molecule has 0 spiro atoms. The number of nitrogens with one attached hydrogen (secondary N) is 1. The average Bonchev–Trinajstić information content (AvgIpc) is 2.26. The molecule has 0 radical (unpaired) electrons. The summed E-state index contributed by atoms with van der Waals surface area (Å²) in [5.41, 5.74) is -0.0398. The van der Waals surface area contributed by atoms with Crippen LogP contribution < -0.4 is 10.9 Å². The number of nitrogens with zero attached hydrogens (tertiary/aromatic N) is 1. The Morgan fingerprint density at radius 1 is 1.47 bits per heavy atom. The Kier molecular flexibility index (Phi) is 5.03. The Morgan fingerprint density at radius 3 is 2.93 bits per heavy atom. The number of pyridine rings is 1. The summed E-state index contributed by atoms with van der Waals surface area (Å²) in [6.45, 7) is 1.22. The van der Waals surface area contributed by atoms with E-state index in [4.69, 9.17) is 10.2 Å². The summed E-state index contributed by atoms with van der Waals surface area (Å²) in [4.78, 5) is 11.2. The summed E-state index contributed by atoms with van der Waals surface area (Å²) in [5, 5.41) is 20.5. The molecule has 0 saturated heterocycles. The molecule has 0 aliphatic heterocycles. The van der Waals surface area contributed by atoms with Crippen LogP contribution in [0.4, 0.5) is 0 Å². The van der Waals surface area contributed by atoms with Crippen LogP contribution in [0, 0.1) is 0 Å². The van der Waals surface area contributed by atoms with Gasteiger partial charge in [0, 0.05) is 31.9 Å². The maximum atomic E-state index is 11.2. The van der Waals surface area contributed by atoms with Gasteiger partial charge >= 0.3 is 0 Å². The molecule has 1 rings (SSSR count). The zero-order chi connectivity index (χ0) is 11.1. The molecule has 0 saturated carbocycles. The van der Waals surface area contributed by atoms with Gasteiger partial charge in [0.15, 0.2) is 0 Å². The molecule has 3 N–H and O–H groups in total. The number of aromatic nitrogens is 1. The third-order valence-corrected chi connectivity index (χ3v) is 2.02. The fraction of sp³-hybridized carbons (Fsp3) is 0.500. The molecule has 5 heteroatoms. The fourth-order valence-corrected chi connectivity index (χ4v) is 1.18. The van der Waals surface area contributed by atoms with Crippen LogP contribution in [-0.4, -0.2) is 40.6 Å². The summed E-state index contributed by atoms with van der Waals surface area (Å²) in [6.07, 6.45) is 0.976. The molecule has 0 aromatic carbocycles. The molecule has 0 aliphatic carbocycles. The van der Waals surface area contributed by atoms with Crippen molar-refractivity contribution < 1.29 is 10.2 Å². The maximum absolute atomic E-state index is 11.2. The number of hydrogen-bond donors (Lipinski definition) is 3. The van der Waals surface area contributed by atoms with E-state index < -0.39 is 6.10 Å². The lowest BCUT2D eigenvalue weighted by molar-refractivity contribution is 0.0944. The monoisotopic (exact) mass is 212 g/mol. The standard InChI is InChI=1S/C10H16N2O3/c13-8-9(14)7-11-4-6-12-5-2-1-3-10(12)15/h1-3,5,9,11,13-14H,4,6-8H2. The minimum absolute atomic E-state index is 0.0398. The van der Waals surface area contributed by atoms with Gasteiger partial charge in [-0.05, 0) is 6.07 Å². The third-order valence-electron chi connectivity index (χ3n) is 2.02. The SMILES string of the molecule is O=c1ccccn1CCNCC(O)CO. The molecule has 1 atom stereocenters. The molecule has 0 fully saturated rings. The van der Waals surface area contributed by atoms with Crippen molar-refractivity contribution in [2.24, 2.45) is 0 Å². The molecule has 1 aromatic heterocycles. The van der Waals surface area contributed by atoms with Gasteiger partial charge in [-0.2, -0.15) is 0 Å². The molecule has 84 valence electrons. The van der Waals surface area contributed by atoms with E-state index in [0.717, 1.165) is 0 Å². The molecule has 1 heterocycles. The van der Waals surface area contributed by atoms with Gasteiger partial charge in [-0.15, -0.1) is 0 Å². The van der Waals surface area contributed by atoms with Gasteiger partial charge in [-0.25, -0.2) is 0 Å². The molecule has 0 bridgehead atoms. The molecular formula is C10H16N2O3. The van der Waals surface area contributed by atoms with E-state index in [9.17, 15) is 4.79 Å². The molecule has 0 amide bonds. The molecule has 5 nitrogen and oxygen atoms in total. The molecule has 1 aromatic rings. The van der Waals surface area contributed by atoms with Crippen LogP contribution in [0.25, 0.3) is 0 Å². The van der Waals surface area contributed by atoms with Crippen LogP contribution in [-0.2, 0) is 6.54 Å². The van der Waals surface area contributed by atoms with Crippen LogP contribution in [0.1, 0.15) is 0 Å². The van der Waals surface area contributed by atoms with Crippen LogP contribution in [0.15, 0.2) is 29.2 Å². The van der Waals surface area contributed by atoms with Crippen LogP contribution >= 0.6 is 0 Å². The Bertz CT molecular complexity index is 337. The van der Waals surface area contributed by atoms with E-state index >= 15 is 0 Å². The second-order valence-electron chi connectivity index (χ2n) is 3.27. The van der Waals surface area contributed by atoms with Gasteiger partial charge in [-0.3, -0.25) is 4.79 Å². The predicted octanol–water partition coefficient (Wildman–Crippen LogP) is -1.21. The van der Waals surface area contributed by atoms with Crippen molar-refractivity contribution in [2.75, 3.05) is 19.7 Å². The highest BCUT2D eigenvalue weighted by Crippen LogP contribution is 1.82. The number of hydrogen-bond acceptors (Lipinski definition) is 4. The van der Waals surface area contributed by atoms with E-state index in [0.29, 0.717) is 19.6 Å². The van der Waals surface area contributed by atoms with Gasteiger partial charge < -0.3 is 20.1 Å². The predicted molar refractivity (Wildman–Crippen MR) is 56.7 cm³/mol. The van der Waals surface area contributed by atoms with Crippen molar-refractivity contribution in [3.05, 3.63) is 34.7 Å². The first kappa shape index (κ1) is 11.9. The second-order valence-corrected chi connectivity index (χ2v) is 3.27. The van der Waals surface area contributed by atoms with Crippen LogP contribution in [0.5, 0.6) is 0 Å². The summed E-state index contributed by atoms with van der Waals surface area (Å²) in [5.74, 6) is 0. The lowest BCUT2D eigenvalue weighted by Crippen LogP contribution is -2.33. The van der Waals surface area contributed by atoms with E-state index in [2.05, 4.69) is 5.32 Å². The minimum atomic E-state index is -0.738. The van der Waals surface area contributed by atoms with E-state index in [-0.39, 0.29) is 12.2 Å². The maximum Gasteiger partial charge on any atom is 0.250 e. The van der Waals surface area contributed by atoms with Gasteiger partial charge in [0.1, 0.15) is 0 Å². The Labute approximate surface area is 88.0 Å². The quantitative estimate of drug-likeness (QED) is 0.517. The Morgan fingerprint density at radius 2 is 2.27 bits per heavy atom. The topological polar surface area (TPSA) is 74.5 Å². The van der Waals surface area contributed by atoms with Crippen molar-refractivity contribution >= 4 is 0 Å². The van der Waals surface area contributed by atoms with Gasteiger partial charge in [-0.1, -0.05) is 6.07 Å². The first-order valence-corrected chi connectivity index (χ1v) is 4.89. The molecular weight excluding hydrogens is 196 g/mol. The minimum Gasteiger partial charge on any atom is -0.394 e. The van der Waals surface area contributed by atoms with Crippen LogP contribution in [0.3, 0.4) is 0 Å². The highest BCUT2D eigenvalue weighted by molar-refractivity contribution is 4.93. The van der Waals surface area contributed by atoms with Crippen molar-refractivity contribution in [3.63, 3.8) is 0 Å². The number of rotatable bonds is 6. The number of aliphatic hydroxyl groups excluding tert-OH is 2. The Balaban J connectivity index is 2.26. The zero-order valence-electron chi connectivity index (χ0n) is 8.47. The van der Waals surface area contributed by atoms with E-state index in [1.54, 1.807) is 22.9 Å². The van der Waals surface area contributed by atoms with Crippen LogP contribution in [0.2, 0.25) is 0 Å². The van der Waals surface area contributed by atoms with Crippen molar-refractivity contribution in [1.82, 2.24) is 9.88 Å².